The van der Waals surface area contributed by atoms with E-state index in [0.29, 0.717) is 6.20 Å². The van der Waals surface area contributed by atoms with E-state index in [-0.39, 0.29) is 16.5 Å². The molecule has 0 aliphatic carbocycles. The van der Waals surface area contributed by atoms with Crippen molar-refractivity contribution >= 4 is 22.5 Å². The number of carbonyl (C=O) groups excluding carboxylic acids is 1. The number of likely N-dealkylation sites (N-methyl/N-ethyl adjacent to an activating group) is 1. The molecule has 0 spiro atoms. The number of rotatable bonds is 2. The minimum atomic E-state index is -4.53. The minimum Gasteiger partial charge on any atom is -0.369 e. The molecule has 0 saturated carbocycles. The fourth-order valence-electron chi connectivity index (χ4n) is 1.70. The van der Waals surface area contributed by atoms with Crippen LogP contribution in [0.25, 0.3) is 0 Å². The number of halogens is 3. The van der Waals surface area contributed by atoms with Crippen LogP contribution in [0.3, 0.4) is 0 Å². The lowest BCUT2D eigenvalue weighted by molar-refractivity contribution is -0.134. The summed E-state index contributed by atoms with van der Waals surface area (Å²) in [6, 6.07) is -0.678. The van der Waals surface area contributed by atoms with Crippen molar-refractivity contribution in [2.45, 2.75) is 18.6 Å². The average Bonchev–Trinajstić information content (AvgIpc) is 2.85. The molecule has 2 heterocycles. The van der Waals surface area contributed by atoms with E-state index < -0.39 is 29.5 Å². The molecule has 2 atom stereocenters. The van der Waals surface area contributed by atoms with Crippen molar-refractivity contribution in [1.29, 1.82) is 0 Å². The first-order chi connectivity index (χ1) is 8.77. The fourth-order valence-corrected chi connectivity index (χ4v) is 2.51. The number of methoxy groups -OCH3 is 1. The number of nitrogens with zero attached hydrogens (tertiary/aromatic N) is 3. The second-order valence-corrected chi connectivity index (χ2v) is 4.82. The highest BCUT2D eigenvalue weighted by atomic mass is 32.1. The van der Waals surface area contributed by atoms with Crippen molar-refractivity contribution in [3.05, 3.63) is 11.1 Å². The summed E-state index contributed by atoms with van der Waals surface area (Å²) < 4.78 is 42.3. The van der Waals surface area contributed by atoms with Crippen molar-refractivity contribution in [3.8, 4) is 0 Å². The van der Waals surface area contributed by atoms with E-state index in [9.17, 15) is 23.1 Å². The summed E-state index contributed by atoms with van der Waals surface area (Å²) in [6.07, 6.45) is -6.27. The Balaban J connectivity index is 2.32. The first kappa shape index (κ1) is 14.0. The van der Waals surface area contributed by atoms with Gasteiger partial charge in [0.05, 0.1) is 6.20 Å². The van der Waals surface area contributed by atoms with Gasteiger partial charge < -0.3 is 9.84 Å². The number of urea groups is 1. The normalized spacial score (nSPS) is 24.4. The van der Waals surface area contributed by atoms with Gasteiger partial charge in [-0.15, -0.1) is 0 Å². The maximum absolute atomic E-state index is 12.5. The zero-order valence-corrected chi connectivity index (χ0v) is 10.7. The monoisotopic (exact) mass is 297 g/mol. The first-order valence-electron chi connectivity index (χ1n) is 5.07. The van der Waals surface area contributed by atoms with E-state index in [2.05, 4.69) is 4.98 Å². The molecule has 19 heavy (non-hydrogen) atoms. The lowest BCUT2D eigenvalue weighted by atomic mass is 10.5. The molecule has 1 aromatic heterocycles. The molecule has 106 valence electrons. The highest BCUT2D eigenvalue weighted by molar-refractivity contribution is 7.15. The van der Waals surface area contributed by atoms with Gasteiger partial charge in [0, 0.05) is 14.2 Å². The van der Waals surface area contributed by atoms with Crippen molar-refractivity contribution in [2.24, 2.45) is 0 Å². The van der Waals surface area contributed by atoms with Gasteiger partial charge in [0.25, 0.3) is 0 Å². The van der Waals surface area contributed by atoms with E-state index in [1.54, 1.807) is 0 Å². The van der Waals surface area contributed by atoms with Gasteiger partial charge in [-0.1, -0.05) is 11.3 Å². The summed E-state index contributed by atoms with van der Waals surface area (Å²) in [5.41, 5.74) is 0. The molecule has 1 aliphatic heterocycles. The summed E-state index contributed by atoms with van der Waals surface area (Å²) in [5.74, 6) is 0. The highest BCUT2D eigenvalue weighted by Crippen LogP contribution is 2.38. The van der Waals surface area contributed by atoms with Crippen LogP contribution in [0, 0.1) is 0 Å². The largest absolute Gasteiger partial charge is 0.427 e. The van der Waals surface area contributed by atoms with Crippen molar-refractivity contribution in [3.63, 3.8) is 0 Å². The number of ether oxygens (including phenoxy) is 1. The summed E-state index contributed by atoms with van der Waals surface area (Å²) in [4.78, 5) is 16.3. The Morgan fingerprint density at radius 1 is 1.53 bits per heavy atom. The van der Waals surface area contributed by atoms with E-state index in [4.69, 9.17) is 4.74 Å². The predicted molar refractivity (Wildman–Crippen MR) is 59.6 cm³/mol. The number of alkyl halides is 3. The van der Waals surface area contributed by atoms with E-state index in [1.807, 2.05) is 0 Å². The van der Waals surface area contributed by atoms with Crippen molar-refractivity contribution < 1.29 is 27.8 Å². The molecule has 0 aromatic carbocycles. The van der Waals surface area contributed by atoms with Crippen LogP contribution < -0.4 is 4.90 Å². The number of aromatic nitrogens is 1. The number of hydrogen-bond donors (Lipinski definition) is 1. The van der Waals surface area contributed by atoms with Crippen LogP contribution in [0.4, 0.5) is 23.1 Å². The molecule has 1 saturated heterocycles. The molecule has 1 aromatic rings. The quantitative estimate of drug-likeness (QED) is 0.894. The molecule has 10 heteroatoms. The number of aliphatic hydroxyl groups excluding tert-OH is 1. The maximum Gasteiger partial charge on any atom is 0.427 e. The minimum absolute atomic E-state index is 0.226. The molecule has 0 bridgehead atoms. The summed E-state index contributed by atoms with van der Waals surface area (Å²) in [5, 5.41) is 9.65. The second kappa shape index (κ2) is 4.62. The van der Waals surface area contributed by atoms with Crippen LogP contribution in [0.1, 0.15) is 4.88 Å². The topological polar surface area (TPSA) is 65.9 Å². The van der Waals surface area contributed by atoms with Gasteiger partial charge in [-0.3, -0.25) is 4.90 Å². The smallest absolute Gasteiger partial charge is 0.369 e. The summed E-state index contributed by atoms with van der Waals surface area (Å²) in [7, 11) is 2.65. The molecular weight excluding hydrogens is 287 g/mol. The Kier molecular flexibility index (Phi) is 3.41. The van der Waals surface area contributed by atoms with Crippen LogP contribution in [-0.2, 0) is 10.9 Å². The summed E-state index contributed by atoms with van der Waals surface area (Å²) in [6.45, 7) is 0. The van der Waals surface area contributed by atoms with Gasteiger partial charge in [-0.05, 0) is 0 Å². The molecule has 1 fully saturated rings. The van der Waals surface area contributed by atoms with Gasteiger partial charge in [0.2, 0.25) is 0 Å². The second-order valence-electron chi connectivity index (χ2n) is 3.81. The highest BCUT2D eigenvalue weighted by Gasteiger charge is 2.46. The molecule has 1 aliphatic rings. The number of carbonyl (C=O) groups is 1. The molecule has 0 radical (unpaired) electrons. The van der Waals surface area contributed by atoms with Gasteiger partial charge in [0.1, 0.15) is 4.88 Å². The Hall–Kier alpha value is -1.39. The molecule has 2 amide bonds. The Morgan fingerprint density at radius 3 is 2.58 bits per heavy atom. The lowest BCUT2D eigenvalue weighted by Gasteiger charge is -2.18. The third kappa shape index (κ3) is 2.26. The van der Waals surface area contributed by atoms with E-state index in [1.165, 1.54) is 14.2 Å². The number of thiazole rings is 1. The van der Waals surface area contributed by atoms with Crippen LogP contribution in [0.5, 0.6) is 0 Å². The molecule has 2 rings (SSSR count). The van der Waals surface area contributed by atoms with Crippen molar-refractivity contribution in [2.75, 3.05) is 19.1 Å². The number of hydrogen-bond acceptors (Lipinski definition) is 5. The average molecular weight is 297 g/mol. The van der Waals surface area contributed by atoms with E-state index >= 15 is 0 Å². The van der Waals surface area contributed by atoms with Crippen LogP contribution in [-0.4, -0.2) is 47.6 Å². The molecule has 6 nitrogen and oxygen atoms in total. The van der Waals surface area contributed by atoms with Gasteiger partial charge in [-0.25, -0.2) is 14.7 Å². The first-order valence-corrected chi connectivity index (χ1v) is 5.89. The van der Waals surface area contributed by atoms with Gasteiger partial charge in [0.15, 0.2) is 17.6 Å². The Morgan fingerprint density at radius 2 is 2.16 bits per heavy atom. The molecule has 1 N–H and O–H groups in total. The van der Waals surface area contributed by atoms with E-state index in [0.717, 1.165) is 9.80 Å². The zero-order chi connectivity index (χ0) is 14.4. The predicted octanol–water partition coefficient (Wildman–Crippen LogP) is 1.32. The standard InChI is InChI=1S/C9H10F3N3O3S/c1-14-6(18-2)5(16)15(8(14)17)7-13-3-4(19-7)9(10,11)12/h3,5-6,16H,1-2H3. The fraction of sp³-hybridized carbons (Fsp3) is 0.556. The van der Waals surface area contributed by atoms with Crippen LogP contribution >= 0.6 is 11.3 Å². The Bertz CT molecular complexity index is 493. The number of amides is 2. The van der Waals surface area contributed by atoms with Crippen LogP contribution in [0.15, 0.2) is 6.20 Å². The summed E-state index contributed by atoms with van der Waals surface area (Å²) >= 11 is 0.286. The molecular formula is C9H10F3N3O3S. The SMILES string of the molecule is COC1C(O)N(c2ncc(C(F)(F)F)s2)C(=O)N1C. The third-order valence-corrected chi connectivity index (χ3v) is 3.67. The number of anilines is 1. The third-order valence-electron chi connectivity index (χ3n) is 2.63. The van der Waals surface area contributed by atoms with Crippen LogP contribution in [0.2, 0.25) is 0 Å². The van der Waals surface area contributed by atoms with Gasteiger partial charge >= 0.3 is 12.2 Å². The lowest BCUT2D eigenvalue weighted by Crippen LogP contribution is -2.37. The van der Waals surface area contributed by atoms with Crippen molar-refractivity contribution in [1.82, 2.24) is 9.88 Å². The van der Waals surface area contributed by atoms with Gasteiger partial charge in [-0.2, -0.15) is 13.2 Å². The number of aliphatic hydroxyl groups is 1. The molecule has 2 unspecified atom stereocenters. The zero-order valence-electron chi connectivity index (χ0n) is 9.88. The maximum atomic E-state index is 12.5. The Labute approximate surface area is 110 Å².